The van der Waals surface area contributed by atoms with Gasteiger partial charge in [0.15, 0.2) is 0 Å². The predicted molar refractivity (Wildman–Crippen MR) is 170 cm³/mol. The summed E-state index contributed by atoms with van der Waals surface area (Å²) in [5, 5.41) is 21.5. The number of carbonyl (C=O) groups excluding carboxylic acids is 3. The molecule has 2 heterocycles. The highest BCUT2D eigenvalue weighted by molar-refractivity contribution is 5.98. The number of carbonyl (C=O) groups is 3. The van der Waals surface area contributed by atoms with E-state index in [4.69, 9.17) is 4.74 Å². The van der Waals surface area contributed by atoms with Crippen LogP contribution in [-0.2, 0) is 16.1 Å². The van der Waals surface area contributed by atoms with E-state index in [0.29, 0.717) is 32.0 Å². The fourth-order valence-corrected chi connectivity index (χ4v) is 5.57. The van der Waals surface area contributed by atoms with E-state index in [2.05, 4.69) is 34.8 Å². The van der Waals surface area contributed by atoms with Crippen molar-refractivity contribution in [2.75, 3.05) is 19.6 Å². The van der Waals surface area contributed by atoms with E-state index in [9.17, 15) is 19.5 Å². The van der Waals surface area contributed by atoms with Crippen LogP contribution < -0.4 is 16.0 Å². The van der Waals surface area contributed by atoms with E-state index in [0.717, 1.165) is 22.8 Å². The van der Waals surface area contributed by atoms with Crippen LogP contribution in [0.25, 0.3) is 10.8 Å². The van der Waals surface area contributed by atoms with Gasteiger partial charge in [-0.1, -0.05) is 82.3 Å². The van der Waals surface area contributed by atoms with Gasteiger partial charge in [-0.15, -0.1) is 0 Å². The predicted octanol–water partition coefficient (Wildman–Crippen LogP) is 3.88. The molecule has 10 nitrogen and oxygen atoms in total. The fraction of sp³-hybridized carbons (Fsp3) is 0.471. The van der Waals surface area contributed by atoms with Gasteiger partial charge in [0.1, 0.15) is 18.3 Å². The van der Waals surface area contributed by atoms with Gasteiger partial charge >= 0.3 is 6.09 Å². The van der Waals surface area contributed by atoms with Crippen molar-refractivity contribution in [1.29, 1.82) is 0 Å². The number of rotatable bonds is 13. The highest BCUT2D eigenvalue weighted by Gasteiger charge is 2.35. The maximum Gasteiger partial charge on any atom is 0.407 e. The largest absolute Gasteiger partial charge is 0.445 e. The number of amides is 3. The van der Waals surface area contributed by atoms with Gasteiger partial charge < -0.3 is 25.8 Å². The Kier molecular flexibility index (Phi) is 11.7. The molecule has 0 aliphatic carbocycles. The molecule has 3 aromatic rings. The lowest BCUT2D eigenvalue weighted by Crippen LogP contribution is -2.53. The molecule has 1 fully saturated rings. The van der Waals surface area contributed by atoms with Crippen molar-refractivity contribution >= 4 is 28.7 Å². The zero-order valence-corrected chi connectivity index (χ0v) is 26.0. The molecule has 1 aromatic heterocycles. The monoisotopic (exact) mass is 603 g/mol. The third-order valence-corrected chi connectivity index (χ3v) is 7.65. The summed E-state index contributed by atoms with van der Waals surface area (Å²) in [5.41, 5.74) is 1.15. The lowest BCUT2D eigenvalue weighted by Gasteiger charge is -2.26. The number of likely N-dealkylation sites (tertiary alicyclic amines) is 1. The Morgan fingerprint density at radius 2 is 1.61 bits per heavy atom. The lowest BCUT2D eigenvalue weighted by molar-refractivity contribution is -0.124. The molecule has 44 heavy (non-hydrogen) atoms. The number of nitrogens with one attached hydrogen (secondary N) is 3. The first kappa shape index (κ1) is 32.9. The molecular formula is C34H45N5O5. The molecule has 1 aliphatic rings. The molecule has 1 saturated heterocycles. The summed E-state index contributed by atoms with van der Waals surface area (Å²) in [5.74, 6) is -0.299. The minimum Gasteiger partial charge on any atom is -0.445 e. The van der Waals surface area contributed by atoms with Gasteiger partial charge in [-0.05, 0) is 41.7 Å². The molecule has 0 radical (unpaired) electrons. The summed E-state index contributed by atoms with van der Waals surface area (Å²) >= 11 is 0. The van der Waals surface area contributed by atoms with Crippen LogP contribution in [0, 0.1) is 11.8 Å². The number of nitrogens with zero attached hydrogens (tertiary/aromatic N) is 2. The minimum atomic E-state index is -0.791. The number of aliphatic hydroxyl groups is 1. The highest BCUT2D eigenvalue weighted by Crippen LogP contribution is 2.17. The Bertz CT molecular complexity index is 1400. The molecule has 2 unspecified atom stereocenters. The van der Waals surface area contributed by atoms with Crippen molar-refractivity contribution < 1.29 is 24.2 Å². The van der Waals surface area contributed by atoms with Crippen LogP contribution in [0.1, 0.15) is 56.6 Å². The molecule has 3 amide bonds. The van der Waals surface area contributed by atoms with Crippen LogP contribution in [0.2, 0.25) is 0 Å². The lowest BCUT2D eigenvalue weighted by atomic mass is 10.0. The smallest absolute Gasteiger partial charge is 0.407 e. The third kappa shape index (κ3) is 9.75. The molecule has 2 aromatic carbocycles. The maximum atomic E-state index is 13.4. The zero-order chi connectivity index (χ0) is 31.6. The Morgan fingerprint density at radius 1 is 0.932 bits per heavy atom. The second kappa shape index (κ2) is 15.6. The molecule has 0 spiro atoms. The third-order valence-electron chi connectivity index (χ3n) is 7.65. The van der Waals surface area contributed by atoms with Gasteiger partial charge in [0.05, 0.1) is 12.1 Å². The summed E-state index contributed by atoms with van der Waals surface area (Å²) in [4.78, 5) is 45.4. The Labute approximate surface area is 259 Å². The van der Waals surface area contributed by atoms with E-state index in [1.54, 1.807) is 12.3 Å². The molecular weight excluding hydrogens is 558 g/mol. The number of β-amino-alcohol motifs (C(OH)–C–C–N with tert-alkyl or cyclic N) is 1. The normalized spacial score (nSPS) is 18.2. The molecule has 4 atom stereocenters. The quantitative estimate of drug-likeness (QED) is 0.233. The van der Waals surface area contributed by atoms with Crippen LogP contribution in [0.4, 0.5) is 4.79 Å². The van der Waals surface area contributed by atoms with E-state index in [-0.39, 0.29) is 30.2 Å². The minimum absolute atomic E-state index is 0.144. The summed E-state index contributed by atoms with van der Waals surface area (Å²) in [6.45, 7) is 9.59. The van der Waals surface area contributed by atoms with Crippen LogP contribution in [0.3, 0.4) is 0 Å². The van der Waals surface area contributed by atoms with Crippen molar-refractivity contribution in [2.24, 2.45) is 11.8 Å². The number of hydrogen-bond donors (Lipinski definition) is 4. The average Bonchev–Trinajstić information content (AvgIpc) is 3.32. The topological polar surface area (TPSA) is 133 Å². The molecule has 236 valence electrons. The highest BCUT2D eigenvalue weighted by atomic mass is 16.5. The molecule has 4 N–H and O–H groups in total. The van der Waals surface area contributed by atoms with Crippen molar-refractivity contribution in [3.8, 4) is 0 Å². The van der Waals surface area contributed by atoms with Gasteiger partial charge in [-0.2, -0.15) is 0 Å². The van der Waals surface area contributed by atoms with E-state index in [1.165, 1.54) is 0 Å². The number of benzene rings is 2. The Balaban J connectivity index is 1.33. The summed E-state index contributed by atoms with van der Waals surface area (Å²) in [6, 6.07) is 17.4. The molecule has 10 heteroatoms. The van der Waals surface area contributed by atoms with Crippen LogP contribution in [0.5, 0.6) is 0 Å². The van der Waals surface area contributed by atoms with Gasteiger partial charge in [-0.25, -0.2) is 4.79 Å². The molecule has 0 saturated carbocycles. The Morgan fingerprint density at radius 3 is 2.32 bits per heavy atom. The molecule has 4 rings (SSSR count). The number of hydrogen-bond acceptors (Lipinski definition) is 7. The first-order valence-electron chi connectivity index (χ1n) is 15.4. The van der Waals surface area contributed by atoms with Crippen molar-refractivity contribution in [1.82, 2.24) is 25.8 Å². The number of aliphatic hydroxyl groups excluding tert-OH is 1. The van der Waals surface area contributed by atoms with Crippen molar-refractivity contribution in [2.45, 2.75) is 71.4 Å². The second-order valence-electron chi connectivity index (χ2n) is 12.5. The average molecular weight is 604 g/mol. The SMILES string of the molecule is CC(C)C[C@@H](CN1CC(O)C(NC(=O)[C@H](CC(C)C)NC(=O)c2cc3ccccc3cn2)C1)NC(=O)OCc1ccccc1. The molecule has 1 aliphatic heterocycles. The standard InChI is InChI=1S/C34H45N5O5/c1-22(2)14-27(36-34(43)44-21-24-10-6-5-7-11-24)18-39-19-30(31(40)20-39)38-33(42)29(15-23(3)4)37-32(41)28-16-25-12-8-9-13-26(25)17-35-28/h5-13,16-17,22-23,27,29-31,40H,14-15,18-21H2,1-4H3,(H,36,43)(H,37,41)(H,38,42)/t27-,29-,30?,31?/m0/s1. The zero-order valence-electron chi connectivity index (χ0n) is 26.0. The van der Waals surface area contributed by atoms with Crippen LogP contribution >= 0.6 is 0 Å². The first-order chi connectivity index (χ1) is 21.1. The van der Waals surface area contributed by atoms with Gasteiger partial charge in [0.2, 0.25) is 5.91 Å². The number of alkyl carbamates (subject to hydrolysis) is 1. The Hall–Kier alpha value is -4.02. The first-order valence-corrected chi connectivity index (χ1v) is 15.4. The van der Waals surface area contributed by atoms with E-state index < -0.39 is 30.2 Å². The number of fused-ring (bicyclic) bond motifs is 1. The summed E-state index contributed by atoms with van der Waals surface area (Å²) in [7, 11) is 0. The number of pyridine rings is 1. The van der Waals surface area contributed by atoms with E-state index in [1.807, 2.05) is 73.3 Å². The van der Waals surface area contributed by atoms with E-state index >= 15 is 0 Å². The maximum absolute atomic E-state index is 13.4. The van der Waals surface area contributed by atoms with Crippen LogP contribution in [0.15, 0.2) is 66.9 Å². The summed E-state index contributed by atoms with van der Waals surface area (Å²) < 4.78 is 5.43. The number of aromatic nitrogens is 1. The molecule has 0 bridgehead atoms. The summed E-state index contributed by atoms with van der Waals surface area (Å²) in [6.07, 6.45) is 1.53. The van der Waals surface area contributed by atoms with Gasteiger partial charge in [0.25, 0.3) is 5.91 Å². The second-order valence-corrected chi connectivity index (χ2v) is 12.5. The fourth-order valence-electron chi connectivity index (χ4n) is 5.57. The van der Waals surface area contributed by atoms with Gasteiger partial charge in [-0.3, -0.25) is 19.5 Å². The van der Waals surface area contributed by atoms with Gasteiger partial charge in [0, 0.05) is 37.3 Å². The van der Waals surface area contributed by atoms with Crippen LogP contribution in [-0.4, -0.2) is 76.8 Å². The van der Waals surface area contributed by atoms with Crippen molar-refractivity contribution in [3.63, 3.8) is 0 Å². The van der Waals surface area contributed by atoms with Crippen molar-refractivity contribution in [3.05, 3.63) is 78.1 Å². The number of ether oxygens (including phenoxy) is 1.